The van der Waals surface area contributed by atoms with Crippen molar-refractivity contribution in [3.63, 3.8) is 0 Å². The van der Waals surface area contributed by atoms with Crippen LogP contribution >= 0.6 is 0 Å². The lowest BCUT2D eigenvalue weighted by molar-refractivity contribution is -0.125. The van der Waals surface area contributed by atoms with E-state index in [1.165, 1.54) is 11.9 Å². The normalized spacial score (nSPS) is 10.7. The molecule has 4 N–H and O–H groups in total. The molecule has 0 saturated carbocycles. The lowest BCUT2D eigenvalue weighted by Crippen LogP contribution is -2.30. The van der Waals surface area contributed by atoms with Gasteiger partial charge in [0.1, 0.15) is 6.61 Å². The summed E-state index contributed by atoms with van der Waals surface area (Å²) in [6.07, 6.45) is 0. The minimum Gasteiger partial charge on any atom is -0.398 e. The number of tetrazole rings is 1. The Morgan fingerprint density at radius 1 is 1.10 bits per heavy atom. The number of rotatable bonds is 13. The molecule has 0 aliphatic heterocycles. The topological polar surface area (TPSA) is 156 Å². The first kappa shape index (κ1) is 23.2. The molecule has 2 amide bonds. The third kappa shape index (κ3) is 7.73. The summed E-state index contributed by atoms with van der Waals surface area (Å²) in [5.41, 5.74) is 7.39. The standard InChI is InChI=1S/C18H27N7O5/c1-25-23-17(22-24-25)14-11-13(3-4-15(14)19)18(27)21-6-8-30-10-9-29-7-5-20-16(26)12-28-2/h3-4,11H,5-10,12,19H2,1-2H3,(H,20,26)(H,21,27). The van der Waals surface area contributed by atoms with Crippen LogP contribution in [0.3, 0.4) is 0 Å². The second-order valence-electron chi connectivity index (χ2n) is 6.17. The predicted octanol–water partition coefficient (Wildman–Crippen LogP) is -1.02. The van der Waals surface area contributed by atoms with Gasteiger partial charge in [-0.3, -0.25) is 9.59 Å². The second kappa shape index (κ2) is 12.5. The SMILES string of the molecule is COCC(=O)NCCOCCOCCNC(=O)c1ccc(N)c(-c2nnn(C)n2)c1. The number of anilines is 1. The summed E-state index contributed by atoms with van der Waals surface area (Å²) in [6.45, 7) is 2.28. The van der Waals surface area contributed by atoms with Crippen molar-refractivity contribution < 1.29 is 23.8 Å². The number of carbonyl (C=O) groups is 2. The van der Waals surface area contributed by atoms with E-state index in [0.717, 1.165) is 0 Å². The van der Waals surface area contributed by atoms with Gasteiger partial charge in [-0.15, -0.1) is 10.2 Å². The van der Waals surface area contributed by atoms with E-state index < -0.39 is 0 Å². The molecule has 12 heteroatoms. The number of benzene rings is 1. The predicted molar refractivity (Wildman–Crippen MR) is 108 cm³/mol. The van der Waals surface area contributed by atoms with E-state index in [-0.39, 0.29) is 18.4 Å². The first-order valence-corrected chi connectivity index (χ1v) is 9.34. The van der Waals surface area contributed by atoms with Crippen molar-refractivity contribution >= 4 is 17.5 Å². The van der Waals surface area contributed by atoms with Crippen LogP contribution in [0.4, 0.5) is 5.69 Å². The first-order valence-electron chi connectivity index (χ1n) is 9.34. The van der Waals surface area contributed by atoms with Gasteiger partial charge in [0.15, 0.2) is 0 Å². The van der Waals surface area contributed by atoms with Crippen molar-refractivity contribution in [3.05, 3.63) is 23.8 Å². The van der Waals surface area contributed by atoms with Crippen molar-refractivity contribution in [2.75, 3.05) is 59.0 Å². The fourth-order valence-corrected chi connectivity index (χ4v) is 2.39. The van der Waals surface area contributed by atoms with E-state index in [0.29, 0.717) is 62.2 Å². The molecule has 0 atom stereocenters. The van der Waals surface area contributed by atoms with E-state index in [2.05, 4.69) is 26.0 Å². The Balaban J connectivity index is 1.61. The number of hydrogen-bond donors (Lipinski definition) is 3. The number of aryl methyl sites for hydroxylation is 1. The van der Waals surface area contributed by atoms with Crippen LogP contribution in [0.1, 0.15) is 10.4 Å². The molecule has 0 unspecified atom stereocenters. The number of nitrogens with one attached hydrogen (secondary N) is 2. The van der Waals surface area contributed by atoms with Gasteiger partial charge in [0.25, 0.3) is 5.91 Å². The maximum absolute atomic E-state index is 12.3. The minimum atomic E-state index is -0.258. The maximum atomic E-state index is 12.3. The van der Waals surface area contributed by atoms with E-state index in [4.69, 9.17) is 19.9 Å². The summed E-state index contributed by atoms with van der Waals surface area (Å²) in [5, 5.41) is 17.2. The smallest absolute Gasteiger partial charge is 0.251 e. The van der Waals surface area contributed by atoms with Crippen molar-refractivity contribution in [2.24, 2.45) is 7.05 Å². The summed E-state index contributed by atoms with van der Waals surface area (Å²) >= 11 is 0. The van der Waals surface area contributed by atoms with Crippen LogP contribution in [-0.4, -0.2) is 85.3 Å². The summed E-state index contributed by atoms with van der Waals surface area (Å²) in [4.78, 5) is 24.8. The summed E-state index contributed by atoms with van der Waals surface area (Å²) in [5.74, 6) is -0.0905. The number of nitrogens with zero attached hydrogens (tertiary/aromatic N) is 4. The number of ether oxygens (including phenoxy) is 3. The number of amides is 2. The van der Waals surface area contributed by atoms with Crippen LogP contribution in [0.5, 0.6) is 0 Å². The van der Waals surface area contributed by atoms with Gasteiger partial charge < -0.3 is 30.6 Å². The summed E-state index contributed by atoms with van der Waals surface area (Å²) in [7, 11) is 3.11. The molecule has 0 radical (unpaired) electrons. The zero-order valence-corrected chi connectivity index (χ0v) is 17.1. The Bertz CT molecular complexity index is 827. The van der Waals surface area contributed by atoms with Crippen molar-refractivity contribution in [3.8, 4) is 11.4 Å². The van der Waals surface area contributed by atoms with Gasteiger partial charge in [0, 0.05) is 37.0 Å². The maximum Gasteiger partial charge on any atom is 0.251 e. The molecule has 2 aromatic rings. The zero-order chi connectivity index (χ0) is 21.8. The third-order valence-electron chi connectivity index (χ3n) is 3.81. The van der Waals surface area contributed by atoms with E-state index in [9.17, 15) is 9.59 Å². The van der Waals surface area contributed by atoms with Crippen LogP contribution in [0.2, 0.25) is 0 Å². The molecule has 0 spiro atoms. The molecular formula is C18H27N7O5. The molecule has 1 aromatic heterocycles. The molecule has 164 valence electrons. The fourth-order valence-electron chi connectivity index (χ4n) is 2.39. The Morgan fingerprint density at radius 3 is 2.43 bits per heavy atom. The van der Waals surface area contributed by atoms with Crippen LogP contribution < -0.4 is 16.4 Å². The Labute approximate surface area is 174 Å². The Morgan fingerprint density at radius 2 is 1.80 bits per heavy atom. The molecule has 2 rings (SSSR count). The van der Waals surface area contributed by atoms with Crippen molar-refractivity contribution in [1.29, 1.82) is 0 Å². The second-order valence-corrected chi connectivity index (χ2v) is 6.17. The number of hydrogen-bond acceptors (Lipinski definition) is 9. The minimum absolute atomic E-state index is 0.0315. The molecule has 0 saturated heterocycles. The highest BCUT2D eigenvalue weighted by atomic mass is 16.5. The highest BCUT2D eigenvalue weighted by molar-refractivity contribution is 5.96. The highest BCUT2D eigenvalue weighted by Gasteiger charge is 2.13. The van der Waals surface area contributed by atoms with Gasteiger partial charge >= 0.3 is 0 Å². The molecule has 0 bridgehead atoms. The van der Waals surface area contributed by atoms with Crippen LogP contribution in [0, 0.1) is 0 Å². The van der Waals surface area contributed by atoms with Crippen LogP contribution in [0.25, 0.3) is 11.4 Å². The van der Waals surface area contributed by atoms with Crippen LogP contribution in [-0.2, 0) is 26.1 Å². The molecular weight excluding hydrogens is 394 g/mol. The number of nitrogen functional groups attached to an aromatic ring is 1. The number of nitrogens with two attached hydrogens (primary N) is 1. The van der Waals surface area contributed by atoms with Crippen molar-refractivity contribution in [1.82, 2.24) is 30.8 Å². The average Bonchev–Trinajstić information content (AvgIpc) is 3.15. The van der Waals surface area contributed by atoms with Crippen molar-refractivity contribution in [2.45, 2.75) is 0 Å². The van der Waals surface area contributed by atoms with Gasteiger partial charge in [-0.2, -0.15) is 4.80 Å². The van der Waals surface area contributed by atoms with Gasteiger partial charge in [-0.05, 0) is 23.4 Å². The molecule has 0 fully saturated rings. The fraction of sp³-hybridized carbons (Fsp3) is 0.500. The first-order chi connectivity index (χ1) is 14.5. The lowest BCUT2D eigenvalue weighted by atomic mass is 10.1. The molecule has 1 heterocycles. The lowest BCUT2D eigenvalue weighted by Gasteiger charge is -2.09. The van der Waals surface area contributed by atoms with E-state index in [1.54, 1.807) is 25.2 Å². The Hall–Kier alpha value is -3.09. The van der Waals surface area contributed by atoms with Gasteiger partial charge in [-0.1, -0.05) is 0 Å². The van der Waals surface area contributed by atoms with Gasteiger partial charge in [-0.25, -0.2) is 0 Å². The van der Waals surface area contributed by atoms with E-state index in [1.807, 2.05) is 0 Å². The third-order valence-corrected chi connectivity index (χ3v) is 3.81. The largest absolute Gasteiger partial charge is 0.398 e. The van der Waals surface area contributed by atoms with E-state index >= 15 is 0 Å². The number of aromatic nitrogens is 4. The highest BCUT2D eigenvalue weighted by Crippen LogP contribution is 2.23. The summed E-state index contributed by atoms with van der Waals surface area (Å²) < 4.78 is 15.4. The van der Waals surface area contributed by atoms with Gasteiger partial charge in [0.2, 0.25) is 11.7 Å². The average molecular weight is 421 g/mol. The van der Waals surface area contributed by atoms with Crippen LogP contribution in [0.15, 0.2) is 18.2 Å². The number of methoxy groups -OCH3 is 1. The molecule has 12 nitrogen and oxygen atoms in total. The monoisotopic (exact) mass is 421 g/mol. The zero-order valence-electron chi connectivity index (χ0n) is 17.1. The molecule has 0 aliphatic rings. The number of carbonyl (C=O) groups excluding carboxylic acids is 2. The van der Waals surface area contributed by atoms with Gasteiger partial charge in [0.05, 0.1) is 33.5 Å². The molecule has 30 heavy (non-hydrogen) atoms. The Kier molecular flexibility index (Phi) is 9.64. The molecule has 0 aliphatic carbocycles. The summed E-state index contributed by atoms with van der Waals surface area (Å²) in [6, 6.07) is 4.89. The molecule has 1 aromatic carbocycles. The quantitative estimate of drug-likeness (QED) is 0.272.